The van der Waals surface area contributed by atoms with E-state index in [1.165, 1.54) is 18.4 Å². The molecule has 0 amide bonds. The van der Waals surface area contributed by atoms with E-state index in [9.17, 15) is 0 Å². The van der Waals surface area contributed by atoms with E-state index in [1.54, 1.807) is 19.3 Å². The minimum absolute atomic E-state index is 0.836. The predicted molar refractivity (Wildman–Crippen MR) is 101 cm³/mol. The van der Waals surface area contributed by atoms with Gasteiger partial charge in [-0.05, 0) is 67.0 Å². The van der Waals surface area contributed by atoms with Crippen molar-refractivity contribution in [3.63, 3.8) is 0 Å². The van der Waals surface area contributed by atoms with Gasteiger partial charge in [0.2, 0.25) is 0 Å². The first-order valence-corrected chi connectivity index (χ1v) is 8.23. The third-order valence-corrected chi connectivity index (χ3v) is 3.55. The number of aryl methyl sites for hydroxylation is 1. The quantitative estimate of drug-likeness (QED) is 0.722. The van der Waals surface area contributed by atoms with Gasteiger partial charge in [0.25, 0.3) is 0 Å². The minimum Gasteiger partial charge on any atom is -0.497 e. The lowest BCUT2D eigenvalue weighted by atomic mass is 10.1. The zero-order valence-electron chi connectivity index (χ0n) is 14.3. The molecule has 2 aromatic carbocycles. The maximum atomic E-state index is 5.11. The van der Waals surface area contributed by atoms with Crippen LogP contribution in [0.15, 0.2) is 60.7 Å². The summed E-state index contributed by atoms with van der Waals surface area (Å²) in [5.74, 6) is 13.0. The van der Waals surface area contributed by atoms with Crippen LogP contribution in [0.5, 0.6) is 5.75 Å². The summed E-state index contributed by atoms with van der Waals surface area (Å²) < 4.78 is 5.11. The highest BCUT2D eigenvalue weighted by Gasteiger charge is 1.92. The van der Waals surface area contributed by atoms with Gasteiger partial charge in [-0.1, -0.05) is 49.2 Å². The van der Waals surface area contributed by atoms with E-state index < -0.39 is 0 Å². The van der Waals surface area contributed by atoms with Gasteiger partial charge in [-0.3, -0.25) is 0 Å². The van der Waals surface area contributed by atoms with Crippen LogP contribution in [0.1, 0.15) is 36.5 Å². The topological polar surface area (TPSA) is 9.23 Å². The molecule has 0 spiro atoms. The minimum atomic E-state index is 0.836. The van der Waals surface area contributed by atoms with E-state index in [0.717, 1.165) is 23.3 Å². The second kappa shape index (κ2) is 9.98. The van der Waals surface area contributed by atoms with E-state index >= 15 is 0 Å². The molecular formula is C23H22O. The maximum Gasteiger partial charge on any atom is 0.118 e. The van der Waals surface area contributed by atoms with Crippen molar-refractivity contribution in [2.75, 3.05) is 7.11 Å². The van der Waals surface area contributed by atoms with Crippen LogP contribution in [0, 0.1) is 23.7 Å². The molecule has 0 aromatic heterocycles. The Bertz CT molecular complexity index is 772. The van der Waals surface area contributed by atoms with Crippen molar-refractivity contribution in [2.24, 2.45) is 0 Å². The van der Waals surface area contributed by atoms with Crippen LogP contribution >= 0.6 is 0 Å². The monoisotopic (exact) mass is 314 g/mol. The number of allylic oxidation sites excluding steroid dienone is 2. The number of ether oxygens (including phenoxy) is 1. The molecule has 1 nitrogen and oxygen atoms in total. The zero-order chi connectivity index (χ0) is 17.0. The molecule has 0 aliphatic rings. The highest BCUT2D eigenvalue weighted by atomic mass is 16.5. The summed E-state index contributed by atoms with van der Waals surface area (Å²) in [6, 6.07) is 16.1. The SMILES string of the molecule is CCCCc1ccc(C#C/C=C/C#Cc2ccc(OC)cc2)cc1. The van der Waals surface area contributed by atoms with Crippen molar-refractivity contribution in [3.8, 4) is 29.4 Å². The molecule has 1 heteroatoms. The van der Waals surface area contributed by atoms with Gasteiger partial charge in [-0.25, -0.2) is 0 Å². The molecule has 0 fully saturated rings. The lowest BCUT2D eigenvalue weighted by Gasteiger charge is -1.98. The van der Waals surface area contributed by atoms with Crippen molar-refractivity contribution in [1.82, 2.24) is 0 Å². The van der Waals surface area contributed by atoms with Crippen molar-refractivity contribution >= 4 is 0 Å². The molecule has 0 saturated heterocycles. The van der Waals surface area contributed by atoms with Gasteiger partial charge in [-0.15, -0.1) is 0 Å². The summed E-state index contributed by atoms with van der Waals surface area (Å²) in [5, 5.41) is 0. The number of unbranched alkanes of at least 4 members (excludes halogenated alkanes) is 1. The normalized spacial score (nSPS) is 9.75. The average Bonchev–Trinajstić information content (AvgIpc) is 2.64. The summed E-state index contributed by atoms with van der Waals surface area (Å²) in [7, 11) is 1.65. The van der Waals surface area contributed by atoms with Gasteiger partial charge in [0.05, 0.1) is 7.11 Å². The first kappa shape index (κ1) is 17.5. The van der Waals surface area contributed by atoms with E-state index in [-0.39, 0.29) is 0 Å². The maximum absolute atomic E-state index is 5.11. The second-order valence-corrected chi connectivity index (χ2v) is 5.40. The Balaban J connectivity index is 1.88. The second-order valence-electron chi connectivity index (χ2n) is 5.40. The van der Waals surface area contributed by atoms with Gasteiger partial charge < -0.3 is 4.74 Å². The Morgan fingerprint density at radius 3 is 1.88 bits per heavy atom. The van der Waals surface area contributed by atoms with Crippen LogP contribution in [0.4, 0.5) is 0 Å². The molecule has 0 atom stereocenters. The summed E-state index contributed by atoms with van der Waals surface area (Å²) in [6.07, 6.45) is 7.16. The molecule has 0 heterocycles. The van der Waals surface area contributed by atoms with Crippen LogP contribution in [0.2, 0.25) is 0 Å². The zero-order valence-corrected chi connectivity index (χ0v) is 14.3. The van der Waals surface area contributed by atoms with Crippen LogP contribution in [0.3, 0.4) is 0 Å². The molecule has 0 aliphatic heterocycles. The Morgan fingerprint density at radius 1 is 0.833 bits per heavy atom. The van der Waals surface area contributed by atoms with E-state index in [1.807, 2.05) is 24.3 Å². The van der Waals surface area contributed by atoms with Gasteiger partial charge >= 0.3 is 0 Å². The van der Waals surface area contributed by atoms with Gasteiger partial charge in [0.15, 0.2) is 0 Å². The van der Waals surface area contributed by atoms with Crippen molar-refractivity contribution < 1.29 is 4.74 Å². The lowest BCUT2D eigenvalue weighted by molar-refractivity contribution is 0.415. The molecular weight excluding hydrogens is 292 g/mol. The molecule has 2 rings (SSSR count). The van der Waals surface area contributed by atoms with E-state index in [2.05, 4.69) is 54.9 Å². The van der Waals surface area contributed by atoms with E-state index in [4.69, 9.17) is 4.74 Å². The molecule has 0 unspecified atom stereocenters. The van der Waals surface area contributed by atoms with Crippen LogP contribution < -0.4 is 4.74 Å². The third-order valence-electron chi connectivity index (χ3n) is 3.55. The molecule has 24 heavy (non-hydrogen) atoms. The average molecular weight is 314 g/mol. The Kier molecular flexibility index (Phi) is 7.26. The highest BCUT2D eigenvalue weighted by molar-refractivity contribution is 5.42. The van der Waals surface area contributed by atoms with Gasteiger partial charge in [0, 0.05) is 11.1 Å². The summed E-state index contributed by atoms with van der Waals surface area (Å²) >= 11 is 0. The first-order chi connectivity index (χ1) is 11.8. The molecule has 0 saturated carbocycles. The summed E-state index contributed by atoms with van der Waals surface area (Å²) in [5.41, 5.74) is 3.36. The third kappa shape index (κ3) is 6.07. The largest absolute Gasteiger partial charge is 0.497 e. The Labute approximate surface area is 145 Å². The molecule has 2 aromatic rings. The number of hydrogen-bond donors (Lipinski definition) is 0. The number of hydrogen-bond acceptors (Lipinski definition) is 1. The van der Waals surface area contributed by atoms with Gasteiger partial charge in [-0.2, -0.15) is 0 Å². The molecule has 0 N–H and O–H groups in total. The van der Waals surface area contributed by atoms with Crippen LogP contribution in [-0.2, 0) is 6.42 Å². The van der Waals surface area contributed by atoms with Crippen molar-refractivity contribution in [1.29, 1.82) is 0 Å². The van der Waals surface area contributed by atoms with Crippen LogP contribution in [-0.4, -0.2) is 7.11 Å². The fraction of sp³-hybridized carbons (Fsp3) is 0.217. The summed E-state index contributed by atoms with van der Waals surface area (Å²) in [4.78, 5) is 0. The highest BCUT2D eigenvalue weighted by Crippen LogP contribution is 2.10. The lowest BCUT2D eigenvalue weighted by Crippen LogP contribution is -1.84. The van der Waals surface area contributed by atoms with Crippen molar-refractivity contribution in [3.05, 3.63) is 77.4 Å². The van der Waals surface area contributed by atoms with Gasteiger partial charge in [0.1, 0.15) is 5.75 Å². The molecule has 0 bridgehead atoms. The van der Waals surface area contributed by atoms with E-state index in [0.29, 0.717) is 0 Å². The van der Waals surface area contributed by atoms with Crippen molar-refractivity contribution in [2.45, 2.75) is 26.2 Å². The summed E-state index contributed by atoms with van der Waals surface area (Å²) in [6.45, 7) is 2.21. The first-order valence-electron chi connectivity index (χ1n) is 8.23. The van der Waals surface area contributed by atoms with Crippen LogP contribution in [0.25, 0.3) is 0 Å². The fourth-order valence-corrected chi connectivity index (χ4v) is 2.14. The predicted octanol–water partition coefficient (Wildman–Crippen LogP) is 5.00. The fourth-order valence-electron chi connectivity index (χ4n) is 2.14. The molecule has 0 aliphatic carbocycles. The number of benzene rings is 2. The standard InChI is InChI=1S/C23H22O/c1-3-4-9-20-12-14-21(15-13-20)10-7-5-6-8-11-22-16-18-23(24-2)19-17-22/h5-6,12-19H,3-4,9H2,1-2H3/b6-5+. The Morgan fingerprint density at radius 2 is 1.38 bits per heavy atom. The number of methoxy groups -OCH3 is 1. The number of rotatable bonds is 4. The molecule has 120 valence electrons. The smallest absolute Gasteiger partial charge is 0.118 e. The Hall–Kier alpha value is -2.90. The molecule has 0 radical (unpaired) electrons.